The molecule has 0 aromatic carbocycles. The molecule has 0 unspecified atom stereocenters. The average molecular weight is 236 g/mol. The molecule has 7 heavy (non-hydrogen) atoms. The zero-order valence-corrected chi connectivity index (χ0v) is 6.59. The topological polar surface area (TPSA) is 57.5 Å². The van der Waals surface area contributed by atoms with E-state index in [1.807, 2.05) is 22.6 Å². The Morgan fingerprint density at radius 2 is 2.00 bits per heavy atom. The van der Waals surface area contributed by atoms with Gasteiger partial charge in [-0.25, -0.2) is 0 Å². The van der Waals surface area contributed by atoms with Crippen LogP contribution in [0, 0.1) is 0 Å². The molecule has 0 radical (unpaired) electrons. The predicted octanol–water partition coefficient (Wildman–Crippen LogP) is 0.599. The van der Waals surface area contributed by atoms with Crippen LogP contribution in [0.25, 0.3) is 0 Å². The lowest BCUT2D eigenvalue weighted by molar-refractivity contribution is 0.375. The fourth-order valence-electron chi connectivity index (χ4n) is 0.110. The number of hydrogen-bond donors (Lipinski definition) is 2. The van der Waals surface area contributed by atoms with Gasteiger partial charge in [-0.2, -0.15) is 0 Å². The molecule has 2 N–H and O–H groups in total. The standard InChI is InChI=1S/C2H6IO3P/c3-1-2-7(4,5)6/h1-2H2,(H2,4,5,6). The van der Waals surface area contributed by atoms with E-state index in [4.69, 9.17) is 9.79 Å². The molecule has 0 saturated heterocycles. The highest BCUT2D eigenvalue weighted by Gasteiger charge is 2.09. The second kappa shape index (κ2) is 3.02. The van der Waals surface area contributed by atoms with Gasteiger partial charge in [0.25, 0.3) is 0 Å². The maximum Gasteiger partial charge on any atom is 0.326 e. The number of hydrogen-bond acceptors (Lipinski definition) is 1. The van der Waals surface area contributed by atoms with Crippen molar-refractivity contribution in [3.63, 3.8) is 0 Å². The molecular formula is C2H6IO3P. The third-order valence-corrected chi connectivity index (χ3v) is 2.57. The van der Waals surface area contributed by atoms with Crippen molar-refractivity contribution in [1.82, 2.24) is 0 Å². The first-order valence-electron chi connectivity index (χ1n) is 1.67. The van der Waals surface area contributed by atoms with Crippen molar-refractivity contribution in [3.8, 4) is 0 Å². The zero-order chi connectivity index (χ0) is 5.91. The van der Waals surface area contributed by atoms with Crippen LogP contribution in [0.2, 0.25) is 0 Å². The first kappa shape index (κ1) is 7.88. The molecule has 3 nitrogen and oxygen atoms in total. The van der Waals surface area contributed by atoms with Crippen LogP contribution in [0.15, 0.2) is 0 Å². The summed E-state index contributed by atoms with van der Waals surface area (Å²) >= 11 is 1.92. The normalized spacial score (nSPS) is 11.9. The molecule has 0 spiro atoms. The van der Waals surface area contributed by atoms with Crippen LogP contribution in [0.3, 0.4) is 0 Å². The van der Waals surface area contributed by atoms with Gasteiger partial charge in [0.2, 0.25) is 0 Å². The Morgan fingerprint density at radius 1 is 1.57 bits per heavy atom. The fraction of sp³-hybridized carbons (Fsp3) is 1.00. The van der Waals surface area contributed by atoms with Gasteiger partial charge in [0.1, 0.15) is 0 Å². The second-order valence-electron chi connectivity index (χ2n) is 1.08. The molecular weight excluding hydrogens is 230 g/mol. The van der Waals surface area contributed by atoms with E-state index < -0.39 is 7.60 Å². The van der Waals surface area contributed by atoms with Crippen LogP contribution < -0.4 is 0 Å². The molecule has 0 aromatic heterocycles. The molecule has 0 aliphatic carbocycles. The summed E-state index contributed by atoms with van der Waals surface area (Å²) in [6, 6.07) is 0. The lowest BCUT2D eigenvalue weighted by atomic mass is 11.0. The third-order valence-electron chi connectivity index (χ3n) is 0.376. The summed E-state index contributed by atoms with van der Waals surface area (Å²) in [4.78, 5) is 16.2. The van der Waals surface area contributed by atoms with E-state index in [1.54, 1.807) is 0 Å². The van der Waals surface area contributed by atoms with Gasteiger partial charge in [-0.15, -0.1) is 0 Å². The van der Waals surface area contributed by atoms with Crippen molar-refractivity contribution in [1.29, 1.82) is 0 Å². The van der Waals surface area contributed by atoms with Crippen molar-refractivity contribution in [3.05, 3.63) is 0 Å². The highest BCUT2D eigenvalue weighted by molar-refractivity contribution is 14.1. The van der Waals surface area contributed by atoms with E-state index in [0.717, 1.165) is 0 Å². The van der Waals surface area contributed by atoms with Crippen LogP contribution >= 0.6 is 30.2 Å². The highest BCUT2D eigenvalue weighted by atomic mass is 127. The van der Waals surface area contributed by atoms with E-state index in [1.165, 1.54) is 0 Å². The highest BCUT2D eigenvalue weighted by Crippen LogP contribution is 2.33. The number of alkyl halides is 1. The Hall–Kier alpha value is 0.880. The number of rotatable bonds is 2. The monoisotopic (exact) mass is 236 g/mol. The van der Waals surface area contributed by atoms with Gasteiger partial charge in [0.05, 0.1) is 6.16 Å². The first-order valence-corrected chi connectivity index (χ1v) is 4.99. The van der Waals surface area contributed by atoms with Crippen molar-refractivity contribution in [2.75, 3.05) is 10.6 Å². The molecule has 0 heterocycles. The summed E-state index contributed by atoms with van der Waals surface area (Å²) in [7, 11) is -3.67. The van der Waals surface area contributed by atoms with Gasteiger partial charge in [-0.3, -0.25) is 4.57 Å². The molecule has 0 aliphatic heterocycles. The van der Waals surface area contributed by atoms with Gasteiger partial charge in [-0.05, 0) is 0 Å². The largest absolute Gasteiger partial charge is 0.326 e. The molecule has 0 aromatic rings. The molecule has 0 rings (SSSR count). The van der Waals surface area contributed by atoms with Gasteiger partial charge >= 0.3 is 7.60 Å². The zero-order valence-electron chi connectivity index (χ0n) is 3.54. The molecule has 0 fully saturated rings. The third kappa shape index (κ3) is 6.88. The average Bonchev–Trinajstić information content (AvgIpc) is 1.30. The Balaban J connectivity index is 3.36. The van der Waals surface area contributed by atoms with Gasteiger partial charge < -0.3 is 9.79 Å². The van der Waals surface area contributed by atoms with E-state index in [2.05, 4.69) is 0 Å². The van der Waals surface area contributed by atoms with Crippen molar-refractivity contribution < 1.29 is 14.4 Å². The first-order chi connectivity index (χ1) is 3.06. The Bertz CT molecular complexity index is 86.9. The summed E-state index contributed by atoms with van der Waals surface area (Å²) in [5, 5.41) is 0. The van der Waals surface area contributed by atoms with Crippen molar-refractivity contribution in [2.24, 2.45) is 0 Å². The van der Waals surface area contributed by atoms with Gasteiger partial charge in [0, 0.05) is 4.43 Å². The Kier molecular flexibility index (Phi) is 3.40. The second-order valence-corrected chi connectivity index (χ2v) is 3.93. The summed E-state index contributed by atoms with van der Waals surface area (Å²) in [6.07, 6.45) is -0.00639. The minimum absolute atomic E-state index is 0.00639. The minimum Gasteiger partial charge on any atom is -0.324 e. The van der Waals surface area contributed by atoms with E-state index >= 15 is 0 Å². The van der Waals surface area contributed by atoms with Crippen LogP contribution in [-0.2, 0) is 4.57 Å². The molecule has 0 atom stereocenters. The smallest absolute Gasteiger partial charge is 0.324 e. The van der Waals surface area contributed by atoms with E-state index in [-0.39, 0.29) is 6.16 Å². The Morgan fingerprint density at radius 3 is 2.00 bits per heavy atom. The van der Waals surface area contributed by atoms with E-state index in [9.17, 15) is 4.57 Å². The van der Waals surface area contributed by atoms with Crippen molar-refractivity contribution in [2.45, 2.75) is 0 Å². The maximum absolute atomic E-state index is 9.92. The minimum atomic E-state index is -3.67. The van der Waals surface area contributed by atoms with Gasteiger partial charge in [-0.1, -0.05) is 22.6 Å². The fourth-order valence-corrected chi connectivity index (χ4v) is 2.22. The molecule has 0 amide bonds. The Labute approximate surface area is 55.4 Å². The molecule has 0 aliphatic rings. The summed E-state index contributed by atoms with van der Waals surface area (Å²) in [5.41, 5.74) is 0. The predicted molar refractivity (Wildman–Crippen MR) is 35.8 cm³/mol. The summed E-state index contributed by atoms with van der Waals surface area (Å²) < 4.78 is 10.4. The lowest BCUT2D eigenvalue weighted by Crippen LogP contribution is -1.85. The van der Waals surface area contributed by atoms with E-state index in [0.29, 0.717) is 4.43 Å². The van der Waals surface area contributed by atoms with Crippen molar-refractivity contribution >= 4 is 30.2 Å². The summed E-state index contributed by atoms with van der Waals surface area (Å²) in [6.45, 7) is 0. The number of halogens is 1. The summed E-state index contributed by atoms with van der Waals surface area (Å²) in [5.74, 6) is 0. The quantitative estimate of drug-likeness (QED) is 0.419. The molecule has 5 heteroatoms. The van der Waals surface area contributed by atoms with Crippen LogP contribution in [-0.4, -0.2) is 20.4 Å². The van der Waals surface area contributed by atoms with Crippen LogP contribution in [0.5, 0.6) is 0 Å². The van der Waals surface area contributed by atoms with Crippen LogP contribution in [0.4, 0.5) is 0 Å². The lowest BCUT2D eigenvalue weighted by Gasteiger charge is -1.95. The SMILES string of the molecule is O=P(O)(O)CCI. The molecule has 0 saturated carbocycles. The van der Waals surface area contributed by atoms with Crippen LogP contribution in [0.1, 0.15) is 0 Å². The maximum atomic E-state index is 9.92. The molecule has 0 bridgehead atoms. The van der Waals surface area contributed by atoms with Gasteiger partial charge in [0.15, 0.2) is 0 Å². The molecule has 44 valence electrons.